The Labute approximate surface area is 92.8 Å². The predicted octanol–water partition coefficient (Wildman–Crippen LogP) is 3.99. The van der Waals surface area contributed by atoms with Crippen LogP contribution in [0.1, 0.15) is 44.1 Å². The lowest BCUT2D eigenvalue weighted by Crippen LogP contribution is -2.11. The van der Waals surface area contributed by atoms with E-state index in [1.807, 2.05) is 24.3 Å². The lowest BCUT2D eigenvalue weighted by atomic mass is 9.86. The molecular weight excluding hydrogens is 184 g/mol. The minimum absolute atomic E-state index is 0. The first-order chi connectivity index (χ1) is 6.45. The standard InChI is InChI=1S/C13H16O.CH4/c1-5-12(14)10-6-8-11(9-7-10)13(2,3)4;/h5-9H,1H2,2-4H3;1H4. The van der Waals surface area contributed by atoms with E-state index in [2.05, 4.69) is 27.4 Å². The highest BCUT2D eigenvalue weighted by atomic mass is 16.1. The van der Waals surface area contributed by atoms with Gasteiger partial charge in [-0.2, -0.15) is 0 Å². The number of ketones is 1. The second-order valence-corrected chi connectivity index (χ2v) is 4.40. The molecule has 0 aliphatic rings. The molecule has 0 heterocycles. The number of carbonyl (C=O) groups excluding carboxylic acids is 1. The summed E-state index contributed by atoms with van der Waals surface area (Å²) in [5, 5.41) is 0. The van der Waals surface area contributed by atoms with Gasteiger partial charge in [0.1, 0.15) is 0 Å². The summed E-state index contributed by atoms with van der Waals surface area (Å²) in [5.41, 5.74) is 2.07. The van der Waals surface area contributed by atoms with Gasteiger partial charge in [-0.3, -0.25) is 4.79 Å². The number of rotatable bonds is 2. The van der Waals surface area contributed by atoms with Gasteiger partial charge in [-0.25, -0.2) is 0 Å². The van der Waals surface area contributed by atoms with Gasteiger partial charge in [-0.15, -0.1) is 0 Å². The van der Waals surface area contributed by atoms with E-state index in [-0.39, 0.29) is 18.6 Å². The van der Waals surface area contributed by atoms with Crippen LogP contribution in [0.25, 0.3) is 0 Å². The van der Waals surface area contributed by atoms with E-state index in [4.69, 9.17) is 0 Å². The highest BCUT2D eigenvalue weighted by Gasteiger charge is 2.13. The summed E-state index contributed by atoms with van der Waals surface area (Å²) in [7, 11) is 0. The van der Waals surface area contributed by atoms with Crippen molar-refractivity contribution < 1.29 is 4.79 Å². The molecule has 0 fully saturated rings. The van der Waals surface area contributed by atoms with Gasteiger partial charge >= 0.3 is 0 Å². The molecule has 0 aliphatic heterocycles. The number of allylic oxidation sites excluding steroid dienone is 1. The van der Waals surface area contributed by atoms with Crippen molar-refractivity contribution in [3.8, 4) is 0 Å². The zero-order chi connectivity index (χ0) is 10.8. The molecule has 0 aromatic heterocycles. The second-order valence-electron chi connectivity index (χ2n) is 4.40. The Morgan fingerprint density at radius 3 is 2.00 bits per heavy atom. The first-order valence-corrected chi connectivity index (χ1v) is 4.72. The molecular formula is C14H20O. The van der Waals surface area contributed by atoms with Crippen molar-refractivity contribution in [1.82, 2.24) is 0 Å². The van der Waals surface area contributed by atoms with Crippen molar-refractivity contribution in [2.24, 2.45) is 0 Å². The van der Waals surface area contributed by atoms with Crippen molar-refractivity contribution in [2.75, 3.05) is 0 Å². The maximum atomic E-state index is 11.3. The Hall–Kier alpha value is -1.37. The van der Waals surface area contributed by atoms with Gasteiger partial charge in [0.2, 0.25) is 0 Å². The van der Waals surface area contributed by atoms with Crippen LogP contribution in [0, 0.1) is 0 Å². The monoisotopic (exact) mass is 204 g/mol. The lowest BCUT2D eigenvalue weighted by Gasteiger charge is -2.18. The van der Waals surface area contributed by atoms with Crippen molar-refractivity contribution in [3.63, 3.8) is 0 Å². The van der Waals surface area contributed by atoms with Crippen molar-refractivity contribution in [2.45, 2.75) is 33.6 Å². The molecule has 1 heteroatoms. The van der Waals surface area contributed by atoms with Crippen LogP contribution in [-0.2, 0) is 5.41 Å². The summed E-state index contributed by atoms with van der Waals surface area (Å²) in [4.78, 5) is 11.3. The molecule has 1 nitrogen and oxygen atoms in total. The third-order valence-corrected chi connectivity index (χ3v) is 2.22. The van der Waals surface area contributed by atoms with Gasteiger partial charge in [-0.05, 0) is 17.1 Å². The SMILES string of the molecule is C.C=CC(=O)c1ccc(C(C)(C)C)cc1. The highest BCUT2D eigenvalue weighted by molar-refractivity contribution is 6.04. The predicted molar refractivity (Wildman–Crippen MR) is 66.4 cm³/mol. The Bertz CT molecular complexity index is 339. The molecule has 1 aromatic rings. The molecule has 15 heavy (non-hydrogen) atoms. The van der Waals surface area contributed by atoms with E-state index >= 15 is 0 Å². The quantitative estimate of drug-likeness (QED) is 0.526. The summed E-state index contributed by atoms with van der Waals surface area (Å²) in [6, 6.07) is 7.70. The van der Waals surface area contributed by atoms with Crippen molar-refractivity contribution >= 4 is 5.78 Å². The van der Waals surface area contributed by atoms with E-state index in [0.29, 0.717) is 5.56 Å². The molecule has 0 unspecified atom stereocenters. The van der Waals surface area contributed by atoms with Crippen LogP contribution < -0.4 is 0 Å². The third kappa shape index (κ3) is 3.35. The summed E-state index contributed by atoms with van der Waals surface area (Å²) in [6.07, 6.45) is 1.34. The number of hydrogen-bond donors (Lipinski definition) is 0. The van der Waals surface area contributed by atoms with Gasteiger partial charge in [0.25, 0.3) is 0 Å². The highest BCUT2D eigenvalue weighted by Crippen LogP contribution is 2.22. The molecule has 0 amide bonds. The number of benzene rings is 1. The van der Waals surface area contributed by atoms with Gasteiger partial charge in [-0.1, -0.05) is 59.0 Å². The Balaban J connectivity index is 0.00000196. The molecule has 1 rings (SSSR count). The molecule has 0 aliphatic carbocycles. The van der Waals surface area contributed by atoms with Crippen LogP contribution in [0.3, 0.4) is 0 Å². The minimum atomic E-state index is -0.0227. The molecule has 1 aromatic carbocycles. The van der Waals surface area contributed by atoms with Crippen LogP contribution in [0.2, 0.25) is 0 Å². The summed E-state index contributed by atoms with van der Waals surface area (Å²) in [6.45, 7) is 9.91. The maximum Gasteiger partial charge on any atom is 0.185 e. The molecule has 0 N–H and O–H groups in total. The van der Waals surface area contributed by atoms with E-state index in [9.17, 15) is 4.79 Å². The van der Waals surface area contributed by atoms with E-state index in [0.717, 1.165) is 0 Å². The van der Waals surface area contributed by atoms with Crippen LogP contribution in [0.5, 0.6) is 0 Å². The number of hydrogen-bond acceptors (Lipinski definition) is 1. The zero-order valence-corrected chi connectivity index (χ0v) is 9.00. The van der Waals surface area contributed by atoms with Crippen LogP contribution in [0.15, 0.2) is 36.9 Å². The van der Waals surface area contributed by atoms with Gasteiger partial charge in [0.15, 0.2) is 5.78 Å². The van der Waals surface area contributed by atoms with E-state index in [1.165, 1.54) is 11.6 Å². The summed E-state index contributed by atoms with van der Waals surface area (Å²) < 4.78 is 0. The van der Waals surface area contributed by atoms with Gasteiger partial charge in [0.05, 0.1) is 0 Å². The third-order valence-electron chi connectivity index (χ3n) is 2.22. The molecule has 0 saturated heterocycles. The summed E-state index contributed by atoms with van der Waals surface area (Å²) in [5.74, 6) is -0.0227. The normalized spacial score (nSPS) is 10.3. The minimum Gasteiger partial charge on any atom is -0.289 e. The smallest absolute Gasteiger partial charge is 0.185 e. The van der Waals surface area contributed by atoms with Gasteiger partial charge in [0, 0.05) is 5.56 Å². The first kappa shape index (κ1) is 13.6. The summed E-state index contributed by atoms with van der Waals surface area (Å²) >= 11 is 0. The zero-order valence-electron chi connectivity index (χ0n) is 9.00. The Morgan fingerprint density at radius 2 is 1.67 bits per heavy atom. The van der Waals surface area contributed by atoms with Crippen molar-refractivity contribution in [3.05, 3.63) is 48.0 Å². The topological polar surface area (TPSA) is 17.1 Å². The molecule has 0 radical (unpaired) electrons. The average molecular weight is 204 g/mol. The van der Waals surface area contributed by atoms with Gasteiger partial charge < -0.3 is 0 Å². The Kier molecular flexibility index (Phi) is 4.47. The fourth-order valence-corrected chi connectivity index (χ4v) is 1.25. The molecule has 0 spiro atoms. The average Bonchev–Trinajstić information content (AvgIpc) is 2.15. The number of carbonyl (C=O) groups is 1. The lowest BCUT2D eigenvalue weighted by molar-refractivity contribution is 0.104. The van der Waals surface area contributed by atoms with Crippen LogP contribution in [-0.4, -0.2) is 5.78 Å². The maximum absolute atomic E-state index is 11.3. The second kappa shape index (κ2) is 4.92. The molecule has 0 saturated carbocycles. The fraction of sp³-hybridized carbons (Fsp3) is 0.357. The molecule has 0 atom stereocenters. The van der Waals surface area contributed by atoms with Crippen LogP contribution in [0.4, 0.5) is 0 Å². The van der Waals surface area contributed by atoms with Crippen molar-refractivity contribution in [1.29, 1.82) is 0 Å². The molecule has 82 valence electrons. The van der Waals surface area contributed by atoms with Crippen LogP contribution >= 0.6 is 0 Å². The largest absolute Gasteiger partial charge is 0.289 e. The van der Waals surface area contributed by atoms with E-state index in [1.54, 1.807) is 0 Å². The Morgan fingerprint density at radius 1 is 1.20 bits per heavy atom. The van der Waals surface area contributed by atoms with E-state index < -0.39 is 0 Å². The first-order valence-electron chi connectivity index (χ1n) is 4.72. The molecule has 0 bridgehead atoms. The fourth-order valence-electron chi connectivity index (χ4n) is 1.25.